The van der Waals surface area contributed by atoms with Gasteiger partial charge in [-0.05, 0) is 33.2 Å². The van der Waals surface area contributed by atoms with Crippen LogP contribution in [0.3, 0.4) is 0 Å². The van der Waals surface area contributed by atoms with Gasteiger partial charge in [0.15, 0.2) is 5.82 Å². The van der Waals surface area contributed by atoms with Gasteiger partial charge in [0, 0.05) is 23.7 Å². The molecule has 1 aliphatic rings. The Balaban J connectivity index is 1.75. The quantitative estimate of drug-likeness (QED) is 0.872. The van der Waals surface area contributed by atoms with Crippen LogP contribution in [0.25, 0.3) is 0 Å². The molecule has 0 unspecified atom stereocenters. The molecule has 0 aliphatic heterocycles. The van der Waals surface area contributed by atoms with Gasteiger partial charge in [-0.3, -0.25) is 4.68 Å². The van der Waals surface area contributed by atoms with Crippen LogP contribution in [0.15, 0.2) is 4.52 Å². The Labute approximate surface area is 118 Å². The fourth-order valence-electron chi connectivity index (χ4n) is 2.36. The van der Waals surface area contributed by atoms with Crippen molar-refractivity contribution in [1.82, 2.24) is 25.2 Å². The van der Waals surface area contributed by atoms with E-state index in [0.29, 0.717) is 18.4 Å². The normalized spacial score (nSPS) is 14.9. The van der Waals surface area contributed by atoms with Crippen LogP contribution in [0.4, 0.5) is 0 Å². The molecule has 0 saturated heterocycles. The molecule has 0 aromatic carbocycles. The summed E-state index contributed by atoms with van der Waals surface area (Å²) in [7, 11) is 0. The van der Waals surface area contributed by atoms with Gasteiger partial charge in [0.2, 0.25) is 5.89 Å². The number of aryl methyl sites for hydroxylation is 1. The SMILES string of the molecule is CCNCc1c(C)nn(Cc2nc(C3CC3)no2)c1C. The summed E-state index contributed by atoms with van der Waals surface area (Å²) >= 11 is 0. The highest BCUT2D eigenvalue weighted by Gasteiger charge is 2.28. The molecule has 2 heterocycles. The van der Waals surface area contributed by atoms with Crippen molar-refractivity contribution in [2.45, 2.75) is 52.6 Å². The van der Waals surface area contributed by atoms with Crippen molar-refractivity contribution in [1.29, 1.82) is 0 Å². The van der Waals surface area contributed by atoms with Gasteiger partial charge < -0.3 is 9.84 Å². The lowest BCUT2D eigenvalue weighted by molar-refractivity contribution is 0.360. The summed E-state index contributed by atoms with van der Waals surface area (Å²) in [5, 5.41) is 12.0. The van der Waals surface area contributed by atoms with Crippen molar-refractivity contribution in [3.63, 3.8) is 0 Å². The summed E-state index contributed by atoms with van der Waals surface area (Å²) in [5.41, 5.74) is 3.48. The summed E-state index contributed by atoms with van der Waals surface area (Å²) < 4.78 is 7.27. The van der Waals surface area contributed by atoms with Gasteiger partial charge in [-0.1, -0.05) is 12.1 Å². The average Bonchev–Trinajstić information content (AvgIpc) is 3.12. The van der Waals surface area contributed by atoms with E-state index in [-0.39, 0.29) is 0 Å². The molecule has 6 heteroatoms. The zero-order chi connectivity index (χ0) is 14.1. The summed E-state index contributed by atoms with van der Waals surface area (Å²) in [6.07, 6.45) is 2.37. The van der Waals surface area contributed by atoms with Crippen molar-refractivity contribution < 1.29 is 4.52 Å². The first-order valence-corrected chi connectivity index (χ1v) is 7.25. The monoisotopic (exact) mass is 275 g/mol. The number of hydrogen-bond donors (Lipinski definition) is 1. The van der Waals surface area contributed by atoms with Gasteiger partial charge in [0.05, 0.1) is 5.69 Å². The van der Waals surface area contributed by atoms with Crippen LogP contribution in [0.5, 0.6) is 0 Å². The molecule has 1 N–H and O–H groups in total. The van der Waals surface area contributed by atoms with Gasteiger partial charge in [-0.15, -0.1) is 0 Å². The lowest BCUT2D eigenvalue weighted by Gasteiger charge is -2.03. The maximum atomic E-state index is 5.32. The number of aromatic nitrogens is 4. The molecule has 2 aromatic heterocycles. The molecular weight excluding hydrogens is 254 g/mol. The molecule has 3 rings (SSSR count). The van der Waals surface area contributed by atoms with Crippen LogP contribution < -0.4 is 5.32 Å². The number of nitrogens with one attached hydrogen (secondary N) is 1. The van der Waals surface area contributed by atoms with Crippen molar-refractivity contribution >= 4 is 0 Å². The topological polar surface area (TPSA) is 68.8 Å². The maximum absolute atomic E-state index is 5.32. The molecule has 6 nitrogen and oxygen atoms in total. The first-order chi connectivity index (χ1) is 9.69. The highest BCUT2D eigenvalue weighted by Crippen LogP contribution is 2.38. The summed E-state index contributed by atoms with van der Waals surface area (Å²) in [6, 6.07) is 0. The maximum Gasteiger partial charge on any atom is 0.248 e. The zero-order valence-corrected chi connectivity index (χ0v) is 12.3. The molecule has 1 aliphatic carbocycles. The second-order valence-electron chi connectivity index (χ2n) is 5.41. The molecule has 1 fully saturated rings. The fraction of sp³-hybridized carbons (Fsp3) is 0.643. The third-order valence-corrected chi connectivity index (χ3v) is 3.79. The van der Waals surface area contributed by atoms with E-state index in [9.17, 15) is 0 Å². The lowest BCUT2D eigenvalue weighted by Crippen LogP contribution is -2.13. The molecular formula is C14H21N5O. The Hall–Kier alpha value is -1.69. The zero-order valence-electron chi connectivity index (χ0n) is 12.3. The minimum Gasteiger partial charge on any atom is -0.337 e. The van der Waals surface area contributed by atoms with Crippen molar-refractivity contribution in [3.05, 3.63) is 28.7 Å². The highest BCUT2D eigenvalue weighted by atomic mass is 16.5. The summed E-state index contributed by atoms with van der Waals surface area (Å²) in [5.74, 6) is 2.03. The Morgan fingerprint density at radius 2 is 2.15 bits per heavy atom. The van der Waals surface area contributed by atoms with E-state index in [1.165, 1.54) is 18.4 Å². The third-order valence-electron chi connectivity index (χ3n) is 3.79. The van der Waals surface area contributed by atoms with E-state index >= 15 is 0 Å². The van der Waals surface area contributed by atoms with E-state index in [2.05, 4.69) is 34.4 Å². The van der Waals surface area contributed by atoms with Gasteiger partial charge >= 0.3 is 0 Å². The van der Waals surface area contributed by atoms with E-state index in [1.807, 2.05) is 11.6 Å². The summed E-state index contributed by atoms with van der Waals surface area (Å²) in [6.45, 7) is 8.60. The Kier molecular flexibility index (Phi) is 3.56. The van der Waals surface area contributed by atoms with Gasteiger partial charge in [-0.2, -0.15) is 10.1 Å². The first kappa shape index (κ1) is 13.3. The number of hydrogen-bond acceptors (Lipinski definition) is 5. The fourth-order valence-corrected chi connectivity index (χ4v) is 2.36. The first-order valence-electron chi connectivity index (χ1n) is 7.25. The largest absolute Gasteiger partial charge is 0.337 e. The molecule has 1 saturated carbocycles. The number of rotatable bonds is 6. The predicted octanol–water partition coefficient (Wildman–Crippen LogP) is 1.92. The van der Waals surface area contributed by atoms with Crippen molar-refractivity contribution in [2.75, 3.05) is 6.54 Å². The molecule has 0 spiro atoms. The van der Waals surface area contributed by atoms with E-state index in [0.717, 1.165) is 30.3 Å². The lowest BCUT2D eigenvalue weighted by atomic mass is 10.2. The van der Waals surface area contributed by atoms with Crippen molar-refractivity contribution in [2.24, 2.45) is 0 Å². The van der Waals surface area contributed by atoms with Crippen LogP contribution in [0, 0.1) is 13.8 Å². The highest BCUT2D eigenvalue weighted by molar-refractivity contribution is 5.24. The standard InChI is InChI=1S/C14H21N5O/c1-4-15-7-12-9(2)17-19(10(12)3)8-13-16-14(18-20-13)11-5-6-11/h11,15H,4-8H2,1-3H3. The molecule has 0 amide bonds. The Morgan fingerprint density at radius 1 is 1.35 bits per heavy atom. The molecule has 0 radical (unpaired) electrons. The van der Waals surface area contributed by atoms with E-state index in [1.54, 1.807) is 0 Å². The minimum absolute atomic E-state index is 0.525. The minimum atomic E-state index is 0.525. The molecule has 2 aromatic rings. The smallest absolute Gasteiger partial charge is 0.248 e. The Bertz CT molecular complexity index is 597. The third kappa shape index (κ3) is 2.60. The van der Waals surface area contributed by atoms with Crippen LogP contribution >= 0.6 is 0 Å². The van der Waals surface area contributed by atoms with Crippen LogP contribution in [0.1, 0.15) is 54.3 Å². The second-order valence-corrected chi connectivity index (χ2v) is 5.41. The van der Waals surface area contributed by atoms with E-state index < -0.39 is 0 Å². The van der Waals surface area contributed by atoms with Gasteiger partial charge in [0.25, 0.3) is 0 Å². The second kappa shape index (κ2) is 5.36. The van der Waals surface area contributed by atoms with Crippen LogP contribution in [-0.4, -0.2) is 26.5 Å². The molecule has 20 heavy (non-hydrogen) atoms. The summed E-state index contributed by atoms with van der Waals surface area (Å²) in [4.78, 5) is 4.46. The van der Waals surface area contributed by atoms with Crippen LogP contribution in [-0.2, 0) is 13.1 Å². The van der Waals surface area contributed by atoms with Gasteiger partial charge in [-0.25, -0.2) is 0 Å². The van der Waals surface area contributed by atoms with E-state index in [4.69, 9.17) is 4.52 Å². The van der Waals surface area contributed by atoms with Crippen LogP contribution in [0.2, 0.25) is 0 Å². The Morgan fingerprint density at radius 3 is 2.85 bits per heavy atom. The predicted molar refractivity (Wildman–Crippen MR) is 74.5 cm³/mol. The number of nitrogens with zero attached hydrogens (tertiary/aromatic N) is 4. The van der Waals surface area contributed by atoms with Gasteiger partial charge in [0.1, 0.15) is 6.54 Å². The molecule has 0 bridgehead atoms. The molecule has 108 valence electrons. The van der Waals surface area contributed by atoms with Crippen molar-refractivity contribution in [3.8, 4) is 0 Å². The average molecular weight is 275 g/mol. The molecule has 0 atom stereocenters.